The summed E-state index contributed by atoms with van der Waals surface area (Å²) in [6, 6.07) is 6.52. The molecule has 0 aliphatic carbocycles. The summed E-state index contributed by atoms with van der Waals surface area (Å²) in [6.45, 7) is 10.9. The van der Waals surface area contributed by atoms with Crippen molar-refractivity contribution in [1.82, 2.24) is 25.1 Å². The Kier molecular flexibility index (Phi) is 7.49. The number of ether oxygens (including phenoxy) is 1. The molecule has 8 nitrogen and oxygen atoms in total. The Morgan fingerprint density at radius 1 is 1.13 bits per heavy atom. The van der Waals surface area contributed by atoms with Crippen molar-refractivity contribution in [3.8, 4) is 0 Å². The number of morpholine rings is 1. The molecule has 0 amide bonds. The van der Waals surface area contributed by atoms with E-state index >= 15 is 0 Å². The summed E-state index contributed by atoms with van der Waals surface area (Å²) in [7, 11) is 0. The molecule has 1 atom stereocenters. The van der Waals surface area contributed by atoms with Gasteiger partial charge in [0.05, 0.1) is 25.8 Å². The Balaban J connectivity index is 1.42. The van der Waals surface area contributed by atoms with E-state index in [1.807, 2.05) is 17.4 Å². The summed E-state index contributed by atoms with van der Waals surface area (Å²) in [5.74, 6) is 1.81. The van der Waals surface area contributed by atoms with Gasteiger partial charge in [0.25, 0.3) is 0 Å². The lowest BCUT2D eigenvalue weighted by Gasteiger charge is -2.37. The summed E-state index contributed by atoms with van der Waals surface area (Å²) in [5.41, 5.74) is 0. The van der Waals surface area contributed by atoms with Gasteiger partial charge < -0.3 is 19.9 Å². The molecule has 30 heavy (non-hydrogen) atoms. The number of anilines is 1. The van der Waals surface area contributed by atoms with Crippen LogP contribution in [0.2, 0.25) is 0 Å². The molecule has 162 valence electrons. The molecule has 0 spiro atoms. The maximum Gasteiger partial charge on any atom is 0.225 e. The average molecular weight is 430 g/mol. The van der Waals surface area contributed by atoms with Crippen molar-refractivity contribution in [1.29, 1.82) is 0 Å². The fourth-order valence-corrected chi connectivity index (χ4v) is 4.78. The van der Waals surface area contributed by atoms with E-state index in [1.165, 1.54) is 4.88 Å². The Morgan fingerprint density at radius 3 is 2.57 bits per heavy atom. The maximum atomic E-state index is 5.56. The number of guanidine groups is 1. The van der Waals surface area contributed by atoms with E-state index in [0.717, 1.165) is 77.5 Å². The molecule has 2 aliphatic rings. The zero-order valence-electron chi connectivity index (χ0n) is 17.6. The average Bonchev–Trinajstić information content (AvgIpc) is 3.35. The van der Waals surface area contributed by atoms with E-state index in [-0.39, 0.29) is 0 Å². The van der Waals surface area contributed by atoms with Crippen LogP contribution in [-0.4, -0.2) is 91.3 Å². The second kappa shape index (κ2) is 10.7. The van der Waals surface area contributed by atoms with E-state index < -0.39 is 0 Å². The summed E-state index contributed by atoms with van der Waals surface area (Å²) in [6.07, 6.45) is 3.60. The van der Waals surface area contributed by atoms with Crippen LogP contribution in [0.3, 0.4) is 0 Å². The fraction of sp³-hybridized carbons (Fsp3) is 0.571. The third kappa shape index (κ3) is 5.27. The molecule has 0 aromatic carbocycles. The lowest BCUT2D eigenvalue weighted by atomic mass is 10.2. The van der Waals surface area contributed by atoms with E-state index in [4.69, 9.17) is 9.73 Å². The number of rotatable bonds is 6. The molecule has 0 radical (unpaired) electrons. The van der Waals surface area contributed by atoms with Gasteiger partial charge >= 0.3 is 0 Å². The lowest BCUT2D eigenvalue weighted by molar-refractivity contribution is 0.0186. The van der Waals surface area contributed by atoms with Crippen LogP contribution in [0, 0.1) is 0 Å². The van der Waals surface area contributed by atoms with Crippen molar-refractivity contribution in [2.45, 2.75) is 13.0 Å². The molecule has 2 aliphatic heterocycles. The lowest BCUT2D eigenvalue weighted by Crippen LogP contribution is -2.53. The number of aromatic nitrogens is 2. The SMILES string of the molecule is CCNC(=NCC(c1cccs1)N1CCOCC1)N1CCN(c2ncccn2)CC1. The van der Waals surface area contributed by atoms with Crippen LogP contribution in [0.25, 0.3) is 0 Å². The molecule has 0 bridgehead atoms. The molecule has 2 saturated heterocycles. The first-order chi connectivity index (χ1) is 14.8. The first-order valence-electron chi connectivity index (χ1n) is 10.8. The predicted molar refractivity (Wildman–Crippen MR) is 121 cm³/mol. The highest BCUT2D eigenvalue weighted by atomic mass is 32.1. The Bertz CT molecular complexity index is 772. The van der Waals surface area contributed by atoms with E-state index in [1.54, 1.807) is 12.4 Å². The first kappa shape index (κ1) is 21.0. The Morgan fingerprint density at radius 2 is 1.90 bits per heavy atom. The molecular weight excluding hydrogens is 398 g/mol. The molecule has 2 aromatic heterocycles. The standard InChI is InChI=1S/C21H31N7OS/c1-2-22-20(27-8-10-28(11-9-27)21-23-6-4-7-24-21)25-17-18(19-5-3-16-30-19)26-12-14-29-15-13-26/h3-7,16,18H,2,8-15,17H2,1H3,(H,22,25). The van der Waals surface area contributed by atoms with Gasteiger partial charge in [-0.15, -0.1) is 11.3 Å². The second-order valence-corrected chi connectivity index (χ2v) is 8.38. The summed E-state index contributed by atoms with van der Waals surface area (Å²) in [5, 5.41) is 5.65. The second-order valence-electron chi connectivity index (χ2n) is 7.40. The third-order valence-electron chi connectivity index (χ3n) is 5.52. The molecule has 0 saturated carbocycles. The van der Waals surface area contributed by atoms with Gasteiger partial charge in [-0.05, 0) is 24.4 Å². The van der Waals surface area contributed by atoms with Gasteiger partial charge in [-0.25, -0.2) is 9.97 Å². The molecule has 4 rings (SSSR count). The summed E-state index contributed by atoms with van der Waals surface area (Å²) < 4.78 is 5.56. The zero-order valence-corrected chi connectivity index (χ0v) is 18.4. The fourth-order valence-electron chi connectivity index (χ4n) is 3.93. The van der Waals surface area contributed by atoms with E-state index in [0.29, 0.717) is 6.04 Å². The minimum Gasteiger partial charge on any atom is -0.379 e. The predicted octanol–water partition coefficient (Wildman–Crippen LogP) is 1.70. The van der Waals surface area contributed by atoms with Crippen LogP contribution >= 0.6 is 11.3 Å². The molecule has 9 heteroatoms. The number of thiophene rings is 1. The molecule has 4 heterocycles. The topological polar surface area (TPSA) is 69.1 Å². The summed E-state index contributed by atoms with van der Waals surface area (Å²) in [4.78, 5) is 22.3. The van der Waals surface area contributed by atoms with Crippen molar-refractivity contribution < 1.29 is 4.74 Å². The number of hydrogen-bond donors (Lipinski definition) is 1. The zero-order chi connectivity index (χ0) is 20.6. The van der Waals surface area contributed by atoms with Gasteiger partial charge in [0, 0.05) is 63.1 Å². The molecular formula is C21H31N7OS. The minimum atomic E-state index is 0.307. The molecule has 1 N–H and O–H groups in total. The number of nitrogens with one attached hydrogen (secondary N) is 1. The largest absolute Gasteiger partial charge is 0.379 e. The normalized spacial score (nSPS) is 19.7. The highest BCUT2D eigenvalue weighted by Crippen LogP contribution is 2.26. The van der Waals surface area contributed by atoms with Crippen LogP contribution in [0.4, 0.5) is 5.95 Å². The van der Waals surface area contributed by atoms with Gasteiger partial charge in [0.1, 0.15) is 0 Å². The van der Waals surface area contributed by atoms with Crippen LogP contribution in [0.1, 0.15) is 17.8 Å². The van der Waals surface area contributed by atoms with Gasteiger partial charge in [-0.3, -0.25) is 9.89 Å². The number of nitrogens with zero attached hydrogens (tertiary/aromatic N) is 6. The highest BCUT2D eigenvalue weighted by molar-refractivity contribution is 7.10. The van der Waals surface area contributed by atoms with Gasteiger partial charge in [-0.1, -0.05) is 6.07 Å². The molecule has 1 unspecified atom stereocenters. The molecule has 2 fully saturated rings. The number of hydrogen-bond acceptors (Lipinski definition) is 7. The minimum absolute atomic E-state index is 0.307. The van der Waals surface area contributed by atoms with Gasteiger partial charge in [-0.2, -0.15) is 0 Å². The van der Waals surface area contributed by atoms with Crippen molar-refractivity contribution in [3.05, 3.63) is 40.8 Å². The van der Waals surface area contributed by atoms with Crippen LogP contribution in [-0.2, 0) is 4.74 Å². The van der Waals surface area contributed by atoms with Crippen LogP contribution in [0.5, 0.6) is 0 Å². The smallest absolute Gasteiger partial charge is 0.225 e. The van der Waals surface area contributed by atoms with E-state index in [9.17, 15) is 0 Å². The van der Waals surface area contributed by atoms with Crippen LogP contribution in [0.15, 0.2) is 41.0 Å². The van der Waals surface area contributed by atoms with Crippen molar-refractivity contribution in [3.63, 3.8) is 0 Å². The monoisotopic (exact) mass is 429 g/mol. The number of piperazine rings is 1. The third-order valence-corrected chi connectivity index (χ3v) is 6.49. The quantitative estimate of drug-likeness (QED) is 0.554. The van der Waals surface area contributed by atoms with Crippen LogP contribution < -0.4 is 10.2 Å². The Labute approximate surface area is 182 Å². The van der Waals surface area contributed by atoms with Gasteiger partial charge in [0.2, 0.25) is 5.95 Å². The van der Waals surface area contributed by atoms with Gasteiger partial charge in [0.15, 0.2) is 5.96 Å². The molecule has 2 aromatic rings. The number of aliphatic imine (C=N–C) groups is 1. The Hall–Kier alpha value is -2.23. The van der Waals surface area contributed by atoms with Crippen molar-refractivity contribution in [2.24, 2.45) is 4.99 Å². The summed E-state index contributed by atoms with van der Waals surface area (Å²) >= 11 is 1.82. The highest BCUT2D eigenvalue weighted by Gasteiger charge is 2.25. The van der Waals surface area contributed by atoms with E-state index in [2.05, 4.69) is 54.4 Å². The van der Waals surface area contributed by atoms with Crippen molar-refractivity contribution >= 4 is 23.2 Å². The maximum absolute atomic E-state index is 5.56. The van der Waals surface area contributed by atoms with Crippen molar-refractivity contribution in [2.75, 3.05) is 70.5 Å². The first-order valence-corrected chi connectivity index (χ1v) is 11.6.